The topological polar surface area (TPSA) is 32.3 Å². The van der Waals surface area contributed by atoms with Crippen molar-refractivity contribution in [3.63, 3.8) is 0 Å². The summed E-state index contributed by atoms with van der Waals surface area (Å²) in [7, 11) is 0. The van der Waals surface area contributed by atoms with Gasteiger partial charge in [0.25, 0.3) is 0 Å². The zero-order valence-corrected chi connectivity index (χ0v) is 9.04. The maximum Gasteiger partial charge on any atom is 0.225 e. The highest BCUT2D eigenvalue weighted by molar-refractivity contribution is 5.79. The van der Waals surface area contributed by atoms with E-state index in [1.807, 2.05) is 4.90 Å². The summed E-state index contributed by atoms with van der Waals surface area (Å²) in [5, 5.41) is 3.25. The lowest BCUT2D eigenvalue weighted by Crippen LogP contribution is -2.40. The van der Waals surface area contributed by atoms with Crippen LogP contribution in [0.1, 0.15) is 19.3 Å². The summed E-state index contributed by atoms with van der Waals surface area (Å²) < 4.78 is 12.4. The predicted molar refractivity (Wildman–Crippen MR) is 56.3 cm³/mol. The molecule has 0 aromatic rings. The molecule has 4 heteroatoms. The van der Waals surface area contributed by atoms with Gasteiger partial charge < -0.3 is 10.2 Å². The molecule has 0 radical (unpaired) electrons. The Morgan fingerprint density at radius 3 is 2.67 bits per heavy atom. The van der Waals surface area contributed by atoms with Crippen molar-refractivity contribution in [3.05, 3.63) is 0 Å². The van der Waals surface area contributed by atoms with Crippen LogP contribution < -0.4 is 5.32 Å². The number of likely N-dealkylation sites (tertiary alicyclic amines) is 1. The number of hydrogen-bond acceptors (Lipinski definition) is 2. The molecular formula is C11H19FN2O. The Morgan fingerprint density at radius 2 is 2.07 bits per heavy atom. The third-order valence-electron chi connectivity index (χ3n) is 3.50. The third-order valence-corrected chi connectivity index (χ3v) is 3.50. The van der Waals surface area contributed by atoms with Crippen molar-refractivity contribution in [1.82, 2.24) is 10.2 Å². The number of nitrogens with zero attached hydrogens (tertiary/aromatic N) is 1. The first kappa shape index (κ1) is 10.9. The van der Waals surface area contributed by atoms with Crippen LogP contribution in [-0.2, 0) is 4.79 Å². The molecule has 2 saturated heterocycles. The summed E-state index contributed by atoms with van der Waals surface area (Å²) in [6, 6.07) is 0. The highest BCUT2D eigenvalue weighted by atomic mass is 19.1. The largest absolute Gasteiger partial charge is 0.342 e. The van der Waals surface area contributed by atoms with E-state index >= 15 is 0 Å². The van der Waals surface area contributed by atoms with Crippen LogP contribution in [0.2, 0.25) is 0 Å². The van der Waals surface area contributed by atoms with Gasteiger partial charge in [-0.3, -0.25) is 9.18 Å². The van der Waals surface area contributed by atoms with E-state index in [2.05, 4.69) is 5.32 Å². The Kier molecular flexibility index (Phi) is 3.57. The van der Waals surface area contributed by atoms with Crippen LogP contribution in [0.3, 0.4) is 0 Å². The minimum absolute atomic E-state index is 0.0932. The lowest BCUT2D eigenvalue weighted by molar-refractivity contribution is -0.135. The summed E-state index contributed by atoms with van der Waals surface area (Å²) in [4.78, 5) is 13.9. The number of alkyl halides is 1. The number of amides is 1. The fourth-order valence-electron chi connectivity index (χ4n) is 2.49. The molecule has 2 heterocycles. The van der Waals surface area contributed by atoms with Crippen LogP contribution in [0.25, 0.3) is 0 Å². The zero-order chi connectivity index (χ0) is 10.7. The van der Waals surface area contributed by atoms with Gasteiger partial charge in [-0.05, 0) is 32.4 Å². The molecule has 1 unspecified atom stereocenters. The second kappa shape index (κ2) is 4.92. The van der Waals surface area contributed by atoms with Gasteiger partial charge in [0.1, 0.15) is 0 Å². The molecule has 0 saturated carbocycles. The number of nitrogens with one attached hydrogen (secondary N) is 1. The first-order valence-corrected chi connectivity index (χ1v) is 5.86. The second-order valence-electron chi connectivity index (χ2n) is 4.62. The van der Waals surface area contributed by atoms with E-state index in [-0.39, 0.29) is 24.4 Å². The van der Waals surface area contributed by atoms with Crippen LogP contribution in [0.4, 0.5) is 4.39 Å². The first-order valence-electron chi connectivity index (χ1n) is 5.86. The predicted octanol–water partition coefficient (Wildman–Crippen LogP) is 0.804. The Balaban J connectivity index is 1.85. The van der Waals surface area contributed by atoms with Crippen molar-refractivity contribution >= 4 is 5.91 Å². The van der Waals surface area contributed by atoms with E-state index in [1.165, 1.54) is 0 Å². The lowest BCUT2D eigenvalue weighted by atomic mass is 9.97. The average molecular weight is 214 g/mol. The third kappa shape index (κ3) is 2.48. The molecule has 0 bridgehead atoms. The molecule has 0 spiro atoms. The fraction of sp³-hybridized carbons (Fsp3) is 0.909. The summed E-state index contributed by atoms with van der Waals surface area (Å²) in [5.74, 6) is 0.535. The smallest absolute Gasteiger partial charge is 0.225 e. The Morgan fingerprint density at radius 1 is 1.33 bits per heavy atom. The minimum atomic E-state index is -0.282. The maximum absolute atomic E-state index is 12.4. The second-order valence-corrected chi connectivity index (χ2v) is 4.62. The van der Waals surface area contributed by atoms with E-state index in [0.29, 0.717) is 6.54 Å². The molecule has 1 atom stereocenters. The molecule has 0 aliphatic carbocycles. The van der Waals surface area contributed by atoms with Crippen LogP contribution in [0, 0.1) is 11.8 Å². The molecule has 86 valence electrons. The summed E-state index contributed by atoms with van der Waals surface area (Å²) in [6.45, 7) is 3.00. The van der Waals surface area contributed by atoms with Gasteiger partial charge in [-0.2, -0.15) is 0 Å². The van der Waals surface area contributed by atoms with Crippen molar-refractivity contribution in [3.8, 4) is 0 Å². The van der Waals surface area contributed by atoms with Crippen LogP contribution in [-0.4, -0.2) is 43.7 Å². The normalized spacial score (nSPS) is 28.3. The highest BCUT2D eigenvalue weighted by Gasteiger charge is 2.31. The average Bonchev–Trinajstić information content (AvgIpc) is 2.78. The van der Waals surface area contributed by atoms with E-state index < -0.39 is 0 Å². The van der Waals surface area contributed by atoms with Crippen LogP contribution in [0.5, 0.6) is 0 Å². The maximum atomic E-state index is 12.4. The molecule has 1 N–H and O–H groups in total. The van der Waals surface area contributed by atoms with Crippen molar-refractivity contribution in [2.45, 2.75) is 19.3 Å². The van der Waals surface area contributed by atoms with E-state index in [4.69, 9.17) is 0 Å². The monoisotopic (exact) mass is 214 g/mol. The molecule has 2 fully saturated rings. The Bertz CT molecular complexity index is 229. The number of carbonyl (C=O) groups excluding carboxylic acids is 1. The molecule has 15 heavy (non-hydrogen) atoms. The van der Waals surface area contributed by atoms with Gasteiger partial charge >= 0.3 is 0 Å². The van der Waals surface area contributed by atoms with Gasteiger partial charge in [0.2, 0.25) is 5.91 Å². The van der Waals surface area contributed by atoms with Gasteiger partial charge in [-0.25, -0.2) is 0 Å². The molecule has 3 nitrogen and oxygen atoms in total. The van der Waals surface area contributed by atoms with Crippen LogP contribution in [0.15, 0.2) is 0 Å². The van der Waals surface area contributed by atoms with Crippen molar-refractivity contribution in [1.29, 1.82) is 0 Å². The lowest BCUT2D eigenvalue weighted by Gasteiger charge is -2.26. The quantitative estimate of drug-likeness (QED) is 0.737. The molecule has 1 amide bonds. The minimum Gasteiger partial charge on any atom is -0.342 e. The standard InChI is InChI=1S/C11H19FN2O/c12-7-9-3-6-14(8-9)11(15)10-1-4-13-5-2-10/h9-10,13H,1-8H2. The van der Waals surface area contributed by atoms with E-state index in [1.54, 1.807) is 0 Å². The summed E-state index contributed by atoms with van der Waals surface area (Å²) >= 11 is 0. The number of rotatable bonds is 2. The first-order chi connectivity index (χ1) is 7.31. The van der Waals surface area contributed by atoms with E-state index in [0.717, 1.165) is 38.9 Å². The van der Waals surface area contributed by atoms with Gasteiger partial charge in [0.15, 0.2) is 0 Å². The molecule has 0 aromatic heterocycles. The SMILES string of the molecule is O=C(C1CCNCC1)N1CCC(CF)C1. The van der Waals surface area contributed by atoms with E-state index in [9.17, 15) is 9.18 Å². The van der Waals surface area contributed by atoms with Gasteiger partial charge in [-0.15, -0.1) is 0 Å². The van der Waals surface area contributed by atoms with Gasteiger partial charge in [0.05, 0.1) is 6.67 Å². The zero-order valence-electron chi connectivity index (χ0n) is 9.04. The van der Waals surface area contributed by atoms with Crippen LogP contribution >= 0.6 is 0 Å². The number of piperidine rings is 1. The Hall–Kier alpha value is -0.640. The molecule has 2 rings (SSSR count). The van der Waals surface area contributed by atoms with Crippen molar-refractivity contribution < 1.29 is 9.18 Å². The molecule has 2 aliphatic rings. The fourth-order valence-corrected chi connectivity index (χ4v) is 2.49. The van der Waals surface area contributed by atoms with Crippen molar-refractivity contribution in [2.24, 2.45) is 11.8 Å². The molecule has 2 aliphatic heterocycles. The molecular weight excluding hydrogens is 195 g/mol. The summed E-state index contributed by atoms with van der Waals surface area (Å²) in [6.07, 6.45) is 2.72. The number of halogens is 1. The van der Waals surface area contributed by atoms with Gasteiger partial charge in [-0.1, -0.05) is 0 Å². The highest BCUT2D eigenvalue weighted by Crippen LogP contribution is 2.22. The molecule has 0 aromatic carbocycles. The summed E-state index contributed by atoms with van der Waals surface area (Å²) in [5.41, 5.74) is 0. The number of hydrogen-bond donors (Lipinski definition) is 1. The Labute approximate surface area is 90.0 Å². The van der Waals surface area contributed by atoms with Gasteiger partial charge in [0, 0.05) is 24.9 Å². The number of carbonyl (C=O) groups is 1. The van der Waals surface area contributed by atoms with Crippen molar-refractivity contribution in [2.75, 3.05) is 32.9 Å².